The zero-order chi connectivity index (χ0) is 14.0. The molecule has 0 spiro atoms. The van der Waals surface area contributed by atoms with Crippen molar-refractivity contribution in [2.45, 2.75) is 58.3 Å². The fraction of sp³-hybridized carbons (Fsp3) is 0.647. The zero-order valence-electron chi connectivity index (χ0n) is 12.8. The second-order valence-electron chi connectivity index (χ2n) is 6.07. The average Bonchev–Trinajstić information content (AvgIpc) is 2.44. The second-order valence-corrected chi connectivity index (χ2v) is 6.07. The maximum absolute atomic E-state index is 6.18. The summed E-state index contributed by atoms with van der Waals surface area (Å²) < 4.78 is 5.53. The highest BCUT2D eigenvalue weighted by atomic mass is 16.5. The first-order valence-corrected chi connectivity index (χ1v) is 7.41. The van der Waals surface area contributed by atoms with Crippen LogP contribution < -0.4 is 10.5 Å². The lowest BCUT2D eigenvalue weighted by atomic mass is 9.67. The van der Waals surface area contributed by atoms with Crippen molar-refractivity contribution in [1.29, 1.82) is 0 Å². The van der Waals surface area contributed by atoms with Crippen molar-refractivity contribution < 1.29 is 4.74 Å². The van der Waals surface area contributed by atoms with Gasteiger partial charge in [-0.25, -0.2) is 0 Å². The third-order valence-electron chi connectivity index (χ3n) is 5.00. The van der Waals surface area contributed by atoms with E-state index in [2.05, 4.69) is 26.8 Å². The van der Waals surface area contributed by atoms with Crippen molar-refractivity contribution in [1.82, 2.24) is 0 Å². The van der Waals surface area contributed by atoms with Gasteiger partial charge in [0, 0.05) is 12.0 Å². The van der Waals surface area contributed by atoms with Gasteiger partial charge in [0.1, 0.15) is 5.75 Å². The summed E-state index contributed by atoms with van der Waals surface area (Å²) in [5, 5.41) is 0. The SMILES string of the molecule is COc1c(C)cc(C2(CN)CCCCC2)c(C)c1C. The summed E-state index contributed by atoms with van der Waals surface area (Å²) in [4.78, 5) is 0. The summed E-state index contributed by atoms with van der Waals surface area (Å²) >= 11 is 0. The molecule has 0 atom stereocenters. The Balaban J connectivity index is 2.55. The Morgan fingerprint density at radius 2 is 1.74 bits per heavy atom. The van der Waals surface area contributed by atoms with Crippen LogP contribution in [0.4, 0.5) is 0 Å². The molecule has 2 rings (SSSR count). The van der Waals surface area contributed by atoms with Crippen LogP contribution in [-0.4, -0.2) is 13.7 Å². The molecule has 1 aliphatic rings. The number of hydrogen-bond acceptors (Lipinski definition) is 2. The van der Waals surface area contributed by atoms with Crippen LogP contribution in [0.25, 0.3) is 0 Å². The summed E-state index contributed by atoms with van der Waals surface area (Å²) in [5.41, 5.74) is 11.7. The van der Waals surface area contributed by atoms with Gasteiger partial charge in [-0.15, -0.1) is 0 Å². The molecule has 1 aliphatic carbocycles. The highest BCUT2D eigenvalue weighted by Crippen LogP contribution is 2.43. The van der Waals surface area contributed by atoms with Crippen molar-refractivity contribution in [2.24, 2.45) is 5.73 Å². The minimum atomic E-state index is 0.199. The molecule has 106 valence electrons. The largest absolute Gasteiger partial charge is 0.496 e. The molecule has 1 fully saturated rings. The minimum absolute atomic E-state index is 0.199. The molecular weight excluding hydrogens is 234 g/mol. The molecule has 0 aliphatic heterocycles. The Labute approximate surface area is 117 Å². The number of aryl methyl sites for hydroxylation is 1. The molecule has 0 heterocycles. The molecule has 0 aromatic heterocycles. The molecule has 1 aromatic rings. The molecule has 1 aromatic carbocycles. The van der Waals surface area contributed by atoms with Crippen LogP contribution in [0.3, 0.4) is 0 Å². The number of rotatable bonds is 3. The number of benzene rings is 1. The molecule has 0 radical (unpaired) electrons. The van der Waals surface area contributed by atoms with Gasteiger partial charge in [-0.05, 0) is 55.9 Å². The van der Waals surface area contributed by atoms with E-state index < -0.39 is 0 Å². The Hall–Kier alpha value is -1.02. The third-order valence-corrected chi connectivity index (χ3v) is 5.00. The van der Waals surface area contributed by atoms with Gasteiger partial charge in [0.2, 0.25) is 0 Å². The van der Waals surface area contributed by atoms with Gasteiger partial charge in [-0.3, -0.25) is 0 Å². The van der Waals surface area contributed by atoms with Gasteiger partial charge in [0.05, 0.1) is 7.11 Å². The maximum Gasteiger partial charge on any atom is 0.124 e. The van der Waals surface area contributed by atoms with Gasteiger partial charge >= 0.3 is 0 Å². The fourth-order valence-corrected chi connectivity index (χ4v) is 3.74. The Bertz CT molecular complexity index is 459. The average molecular weight is 261 g/mol. The highest BCUT2D eigenvalue weighted by Gasteiger charge is 2.34. The minimum Gasteiger partial charge on any atom is -0.496 e. The predicted octanol–water partition coefficient (Wildman–Crippen LogP) is 3.78. The molecule has 2 N–H and O–H groups in total. The lowest BCUT2D eigenvalue weighted by Gasteiger charge is -2.38. The van der Waals surface area contributed by atoms with Crippen molar-refractivity contribution >= 4 is 0 Å². The van der Waals surface area contributed by atoms with E-state index in [0.29, 0.717) is 0 Å². The van der Waals surface area contributed by atoms with E-state index in [4.69, 9.17) is 10.5 Å². The quantitative estimate of drug-likeness (QED) is 0.898. The topological polar surface area (TPSA) is 35.2 Å². The zero-order valence-corrected chi connectivity index (χ0v) is 12.8. The number of ether oxygens (including phenoxy) is 1. The number of hydrogen-bond donors (Lipinski definition) is 1. The summed E-state index contributed by atoms with van der Waals surface area (Å²) in [5.74, 6) is 1.03. The standard InChI is InChI=1S/C17H27NO/c1-12-10-15(13(2)14(3)16(12)19-4)17(11-18)8-6-5-7-9-17/h10H,5-9,11,18H2,1-4H3. The van der Waals surface area contributed by atoms with E-state index in [1.807, 2.05) is 0 Å². The Kier molecular flexibility index (Phi) is 4.19. The van der Waals surface area contributed by atoms with Gasteiger partial charge in [0.15, 0.2) is 0 Å². The van der Waals surface area contributed by atoms with Crippen LogP contribution >= 0.6 is 0 Å². The Morgan fingerprint density at radius 3 is 2.26 bits per heavy atom. The van der Waals surface area contributed by atoms with Gasteiger partial charge in [0.25, 0.3) is 0 Å². The van der Waals surface area contributed by atoms with Crippen LogP contribution in [0.5, 0.6) is 5.75 Å². The van der Waals surface area contributed by atoms with E-state index in [0.717, 1.165) is 12.3 Å². The van der Waals surface area contributed by atoms with Gasteiger partial charge < -0.3 is 10.5 Å². The van der Waals surface area contributed by atoms with Crippen LogP contribution in [0, 0.1) is 20.8 Å². The van der Waals surface area contributed by atoms with Gasteiger partial charge in [-0.1, -0.05) is 25.3 Å². The first kappa shape index (κ1) is 14.4. The van der Waals surface area contributed by atoms with E-state index in [1.165, 1.54) is 54.4 Å². The summed E-state index contributed by atoms with van der Waals surface area (Å²) in [7, 11) is 1.76. The first-order chi connectivity index (χ1) is 9.05. The van der Waals surface area contributed by atoms with Crippen molar-refractivity contribution in [3.8, 4) is 5.75 Å². The molecular formula is C17H27NO. The van der Waals surface area contributed by atoms with Gasteiger partial charge in [-0.2, -0.15) is 0 Å². The second kappa shape index (κ2) is 5.54. The van der Waals surface area contributed by atoms with Crippen LogP contribution in [0.1, 0.15) is 54.4 Å². The summed E-state index contributed by atoms with van der Waals surface area (Å²) in [6.07, 6.45) is 6.43. The summed E-state index contributed by atoms with van der Waals surface area (Å²) in [6.45, 7) is 7.29. The van der Waals surface area contributed by atoms with Crippen LogP contribution in [0.2, 0.25) is 0 Å². The van der Waals surface area contributed by atoms with E-state index in [9.17, 15) is 0 Å². The third kappa shape index (κ3) is 2.38. The maximum atomic E-state index is 6.18. The molecule has 0 bridgehead atoms. The number of methoxy groups -OCH3 is 1. The van der Waals surface area contributed by atoms with Crippen molar-refractivity contribution in [3.05, 3.63) is 28.3 Å². The fourth-order valence-electron chi connectivity index (χ4n) is 3.74. The highest BCUT2D eigenvalue weighted by molar-refractivity contribution is 5.51. The van der Waals surface area contributed by atoms with Crippen molar-refractivity contribution in [3.63, 3.8) is 0 Å². The van der Waals surface area contributed by atoms with E-state index in [1.54, 1.807) is 7.11 Å². The van der Waals surface area contributed by atoms with E-state index in [-0.39, 0.29) is 5.41 Å². The normalized spacial score (nSPS) is 18.4. The van der Waals surface area contributed by atoms with Crippen LogP contribution in [0.15, 0.2) is 6.07 Å². The molecule has 19 heavy (non-hydrogen) atoms. The number of nitrogens with two attached hydrogens (primary N) is 1. The lowest BCUT2D eigenvalue weighted by molar-refractivity contribution is 0.299. The monoisotopic (exact) mass is 261 g/mol. The first-order valence-electron chi connectivity index (χ1n) is 7.41. The lowest BCUT2D eigenvalue weighted by Crippen LogP contribution is -2.38. The Morgan fingerprint density at radius 1 is 1.11 bits per heavy atom. The smallest absolute Gasteiger partial charge is 0.124 e. The van der Waals surface area contributed by atoms with Crippen LogP contribution in [-0.2, 0) is 5.41 Å². The van der Waals surface area contributed by atoms with E-state index >= 15 is 0 Å². The molecule has 1 saturated carbocycles. The molecule has 2 nitrogen and oxygen atoms in total. The molecule has 0 saturated heterocycles. The van der Waals surface area contributed by atoms with Crippen molar-refractivity contribution in [2.75, 3.05) is 13.7 Å². The molecule has 0 amide bonds. The summed E-state index contributed by atoms with van der Waals surface area (Å²) in [6, 6.07) is 2.32. The molecule has 2 heteroatoms. The molecule has 0 unspecified atom stereocenters. The predicted molar refractivity (Wildman–Crippen MR) is 81.0 cm³/mol.